The minimum Gasteiger partial charge on any atom is -0.398 e. The molecular weight excluding hydrogens is 252 g/mol. The first-order chi connectivity index (χ1) is 7.16. The fraction of sp³-hybridized carbons (Fsp3) is 0.500. The zero-order chi connectivity index (χ0) is 10.8. The summed E-state index contributed by atoms with van der Waals surface area (Å²) in [5.74, 6) is 0. The van der Waals surface area contributed by atoms with Gasteiger partial charge in [-0.1, -0.05) is 6.07 Å². The molecule has 3 heteroatoms. The molecule has 0 bridgehead atoms. The highest BCUT2D eigenvalue weighted by molar-refractivity contribution is 9.10. The Morgan fingerprint density at radius 1 is 1.33 bits per heavy atom. The summed E-state index contributed by atoms with van der Waals surface area (Å²) in [6, 6.07) is 4.27. The molecule has 2 N–H and O–H groups in total. The summed E-state index contributed by atoms with van der Waals surface area (Å²) >= 11 is 3.50. The Labute approximate surface area is 99.6 Å². The van der Waals surface area contributed by atoms with Crippen LogP contribution in [0.15, 0.2) is 16.6 Å². The smallest absolute Gasteiger partial charge is 0.0504 e. The Morgan fingerprint density at radius 3 is 2.67 bits per heavy atom. The second kappa shape index (κ2) is 4.54. The molecule has 0 radical (unpaired) electrons. The monoisotopic (exact) mass is 268 g/mol. The Balaban J connectivity index is 2.19. The average Bonchev–Trinajstić information content (AvgIpc) is 2.66. The molecule has 1 aromatic rings. The first-order valence-corrected chi connectivity index (χ1v) is 6.23. The summed E-state index contributed by atoms with van der Waals surface area (Å²) in [7, 11) is 0. The molecule has 0 aromatic heterocycles. The van der Waals surface area contributed by atoms with Gasteiger partial charge in [0.2, 0.25) is 0 Å². The number of likely N-dealkylation sites (tertiary alicyclic amines) is 1. The van der Waals surface area contributed by atoms with Gasteiger partial charge >= 0.3 is 0 Å². The number of rotatable bonds is 2. The lowest BCUT2D eigenvalue weighted by Crippen LogP contribution is -2.19. The molecule has 1 aliphatic rings. The zero-order valence-corrected chi connectivity index (χ0v) is 10.7. The summed E-state index contributed by atoms with van der Waals surface area (Å²) in [5.41, 5.74) is 9.47. The van der Waals surface area contributed by atoms with Crippen molar-refractivity contribution in [2.75, 3.05) is 18.8 Å². The third-order valence-corrected chi connectivity index (χ3v) is 3.61. The number of nitrogen functional groups attached to an aromatic ring is 1. The van der Waals surface area contributed by atoms with Crippen LogP contribution in [0.4, 0.5) is 5.69 Å². The summed E-state index contributed by atoms with van der Waals surface area (Å²) in [6.45, 7) is 5.53. The first kappa shape index (κ1) is 11.0. The van der Waals surface area contributed by atoms with Gasteiger partial charge in [-0.2, -0.15) is 0 Å². The molecule has 0 unspecified atom stereocenters. The van der Waals surface area contributed by atoms with Crippen molar-refractivity contribution in [1.29, 1.82) is 0 Å². The van der Waals surface area contributed by atoms with Crippen LogP contribution in [0.25, 0.3) is 0 Å². The van der Waals surface area contributed by atoms with E-state index in [4.69, 9.17) is 5.73 Å². The summed E-state index contributed by atoms with van der Waals surface area (Å²) in [4.78, 5) is 2.47. The van der Waals surface area contributed by atoms with Crippen LogP contribution in [0.3, 0.4) is 0 Å². The topological polar surface area (TPSA) is 29.3 Å². The standard InChI is InChI=1S/C12H17BrN2/c1-9-6-10(12(14)11(13)7-9)8-15-4-2-3-5-15/h6-7H,2-5,8,14H2,1H3. The average molecular weight is 269 g/mol. The summed E-state index contributed by atoms with van der Waals surface area (Å²) in [5, 5.41) is 0. The van der Waals surface area contributed by atoms with E-state index in [9.17, 15) is 0 Å². The molecule has 1 aliphatic heterocycles. The van der Waals surface area contributed by atoms with Crippen LogP contribution in [0.2, 0.25) is 0 Å². The molecule has 2 nitrogen and oxygen atoms in total. The number of halogens is 1. The van der Waals surface area contributed by atoms with E-state index in [1.54, 1.807) is 0 Å². The molecule has 1 heterocycles. The van der Waals surface area contributed by atoms with Crippen molar-refractivity contribution >= 4 is 21.6 Å². The maximum atomic E-state index is 6.06. The van der Waals surface area contributed by atoms with Gasteiger partial charge in [0, 0.05) is 11.0 Å². The van der Waals surface area contributed by atoms with Gasteiger partial charge in [-0.3, -0.25) is 4.90 Å². The molecule has 0 atom stereocenters. The van der Waals surface area contributed by atoms with Gasteiger partial charge in [0.25, 0.3) is 0 Å². The Bertz CT molecular complexity index is 357. The molecule has 0 saturated carbocycles. The second-order valence-electron chi connectivity index (χ2n) is 4.30. The van der Waals surface area contributed by atoms with Gasteiger partial charge in [-0.25, -0.2) is 0 Å². The Morgan fingerprint density at radius 2 is 2.00 bits per heavy atom. The SMILES string of the molecule is Cc1cc(Br)c(N)c(CN2CCCC2)c1. The van der Waals surface area contributed by atoms with Gasteiger partial charge in [-0.05, 0) is 66.0 Å². The fourth-order valence-electron chi connectivity index (χ4n) is 2.14. The van der Waals surface area contributed by atoms with E-state index < -0.39 is 0 Å². The number of hydrogen-bond acceptors (Lipinski definition) is 2. The lowest BCUT2D eigenvalue weighted by molar-refractivity contribution is 0.332. The molecule has 1 fully saturated rings. The second-order valence-corrected chi connectivity index (χ2v) is 5.16. The van der Waals surface area contributed by atoms with E-state index in [0.29, 0.717) is 0 Å². The molecule has 0 spiro atoms. The van der Waals surface area contributed by atoms with Gasteiger partial charge in [-0.15, -0.1) is 0 Å². The maximum Gasteiger partial charge on any atom is 0.0504 e. The third kappa shape index (κ3) is 2.52. The summed E-state index contributed by atoms with van der Waals surface area (Å²) < 4.78 is 1.02. The number of benzene rings is 1. The molecule has 82 valence electrons. The molecular formula is C12H17BrN2. The van der Waals surface area contributed by atoms with Crippen molar-refractivity contribution in [3.8, 4) is 0 Å². The number of anilines is 1. The van der Waals surface area contributed by atoms with E-state index in [1.165, 1.54) is 37.1 Å². The largest absolute Gasteiger partial charge is 0.398 e. The van der Waals surface area contributed by atoms with Crippen molar-refractivity contribution in [1.82, 2.24) is 4.90 Å². The van der Waals surface area contributed by atoms with Gasteiger partial charge in [0.05, 0.1) is 5.69 Å². The predicted octanol–water partition coefficient (Wildman–Crippen LogP) is 2.94. The van der Waals surface area contributed by atoms with E-state index in [2.05, 4.69) is 39.9 Å². The first-order valence-electron chi connectivity index (χ1n) is 5.43. The minimum atomic E-state index is 0.896. The Kier molecular flexibility index (Phi) is 3.32. The van der Waals surface area contributed by atoms with Crippen molar-refractivity contribution < 1.29 is 0 Å². The molecule has 0 aliphatic carbocycles. The van der Waals surface area contributed by atoms with Crippen molar-refractivity contribution in [3.63, 3.8) is 0 Å². The van der Waals surface area contributed by atoms with Crippen LogP contribution < -0.4 is 5.73 Å². The number of hydrogen-bond donors (Lipinski definition) is 1. The number of nitrogens with zero attached hydrogens (tertiary/aromatic N) is 1. The van der Waals surface area contributed by atoms with Crippen LogP contribution in [0.1, 0.15) is 24.0 Å². The van der Waals surface area contributed by atoms with Crippen LogP contribution in [-0.2, 0) is 6.54 Å². The van der Waals surface area contributed by atoms with Crippen LogP contribution in [-0.4, -0.2) is 18.0 Å². The Hall–Kier alpha value is -0.540. The lowest BCUT2D eigenvalue weighted by Gasteiger charge is -2.17. The fourth-order valence-corrected chi connectivity index (χ4v) is 2.75. The van der Waals surface area contributed by atoms with Crippen molar-refractivity contribution in [2.45, 2.75) is 26.3 Å². The highest BCUT2D eigenvalue weighted by Crippen LogP contribution is 2.27. The summed E-state index contributed by atoms with van der Waals surface area (Å²) in [6.07, 6.45) is 2.65. The van der Waals surface area contributed by atoms with Crippen LogP contribution in [0.5, 0.6) is 0 Å². The van der Waals surface area contributed by atoms with Crippen molar-refractivity contribution in [2.24, 2.45) is 0 Å². The quantitative estimate of drug-likeness (QED) is 0.836. The highest BCUT2D eigenvalue weighted by atomic mass is 79.9. The van der Waals surface area contributed by atoms with E-state index >= 15 is 0 Å². The normalized spacial score (nSPS) is 17.2. The lowest BCUT2D eigenvalue weighted by atomic mass is 10.1. The molecule has 2 rings (SSSR count). The minimum absolute atomic E-state index is 0.896. The van der Waals surface area contributed by atoms with E-state index in [0.717, 1.165) is 16.7 Å². The van der Waals surface area contributed by atoms with Crippen LogP contribution >= 0.6 is 15.9 Å². The van der Waals surface area contributed by atoms with Gasteiger partial charge in [0.1, 0.15) is 0 Å². The van der Waals surface area contributed by atoms with E-state index in [-0.39, 0.29) is 0 Å². The third-order valence-electron chi connectivity index (χ3n) is 2.95. The van der Waals surface area contributed by atoms with Crippen LogP contribution in [0, 0.1) is 6.92 Å². The maximum absolute atomic E-state index is 6.06. The highest BCUT2D eigenvalue weighted by Gasteiger charge is 2.14. The predicted molar refractivity (Wildman–Crippen MR) is 67.8 cm³/mol. The number of aryl methyl sites for hydroxylation is 1. The molecule has 1 saturated heterocycles. The zero-order valence-electron chi connectivity index (χ0n) is 9.09. The molecule has 1 aromatic carbocycles. The van der Waals surface area contributed by atoms with E-state index in [1.807, 2.05) is 0 Å². The van der Waals surface area contributed by atoms with Crippen molar-refractivity contribution in [3.05, 3.63) is 27.7 Å². The number of nitrogens with two attached hydrogens (primary N) is 1. The molecule has 0 amide bonds. The van der Waals surface area contributed by atoms with Gasteiger partial charge < -0.3 is 5.73 Å². The van der Waals surface area contributed by atoms with Gasteiger partial charge in [0.15, 0.2) is 0 Å². The molecule has 15 heavy (non-hydrogen) atoms.